The number of carbonyl (C=O) groups excluding carboxylic acids is 4. The molecular weight excluding hydrogens is 540 g/mol. The average molecular weight is 585 g/mol. The van der Waals surface area contributed by atoms with Gasteiger partial charge in [-0.25, -0.2) is 24.4 Å². The molecule has 2 aromatic heterocycles. The molecule has 0 spiro atoms. The standard InChI is InChI=1S/C31H44N4O7/c1-21(36)34(19-22-13-11-15-24(32-22)26(37)40-29(2,3)4)17-18-35(28(39)42-31(8,9)10)20-23-14-12-16-25(33-23)27(38)41-30(5,6)7/h11-16H,17-20H2,1-10H3. The largest absolute Gasteiger partial charge is 0.455 e. The van der Waals surface area contributed by atoms with Crippen molar-refractivity contribution in [2.75, 3.05) is 13.1 Å². The quantitative estimate of drug-likeness (QED) is 0.289. The van der Waals surface area contributed by atoms with E-state index in [1.54, 1.807) is 98.7 Å². The van der Waals surface area contributed by atoms with Gasteiger partial charge in [-0.15, -0.1) is 0 Å². The van der Waals surface area contributed by atoms with Crippen molar-refractivity contribution in [1.29, 1.82) is 0 Å². The molecule has 2 rings (SSSR count). The van der Waals surface area contributed by atoms with Gasteiger partial charge in [0.1, 0.15) is 28.2 Å². The minimum absolute atomic E-state index is 0.0314. The molecule has 0 aliphatic heterocycles. The molecule has 11 heteroatoms. The molecule has 0 unspecified atom stereocenters. The summed E-state index contributed by atoms with van der Waals surface area (Å²) < 4.78 is 16.4. The van der Waals surface area contributed by atoms with Gasteiger partial charge in [0.2, 0.25) is 5.91 Å². The van der Waals surface area contributed by atoms with E-state index < -0.39 is 34.8 Å². The number of pyridine rings is 2. The molecule has 0 aromatic carbocycles. The summed E-state index contributed by atoms with van der Waals surface area (Å²) in [5.41, 5.74) is -0.922. The number of rotatable bonds is 9. The molecule has 2 aromatic rings. The predicted octanol–water partition coefficient (Wildman–Crippen LogP) is 5.17. The van der Waals surface area contributed by atoms with E-state index in [-0.39, 0.29) is 43.5 Å². The first-order valence-electron chi connectivity index (χ1n) is 13.8. The van der Waals surface area contributed by atoms with Crippen LogP contribution >= 0.6 is 0 Å². The Morgan fingerprint density at radius 2 is 1.00 bits per heavy atom. The second-order valence-electron chi connectivity index (χ2n) is 12.9. The zero-order valence-electron chi connectivity index (χ0n) is 26.4. The fourth-order valence-corrected chi connectivity index (χ4v) is 3.57. The minimum atomic E-state index is -0.757. The first-order chi connectivity index (χ1) is 19.2. The summed E-state index contributed by atoms with van der Waals surface area (Å²) in [6.45, 7) is 17.7. The highest BCUT2D eigenvalue weighted by atomic mass is 16.6. The topological polar surface area (TPSA) is 128 Å². The van der Waals surface area contributed by atoms with Gasteiger partial charge in [-0.2, -0.15) is 0 Å². The van der Waals surface area contributed by atoms with Gasteiger partial charge in [-0.1, -0.05) is 12.1 Å². The average Bonchev–Trinajstić information content (AvgIpc) is 2.82. The highest BCUT2D eigenvalue weighted by Crippen LogP contribution is 2.16. The molecule has 230 valence electrons. The normalized spacial score (nSPS) is 11.9. The van der Waals surface area contributed by atoms with Crippen LogP contribution in [0.3, 0.4) is 0 Å². The number of aromatic nitrogens is 2. The van der Waals surface area contributed by atoms with Crippen molar-refractivity contribution in [2.24, 2.45) is 0 Å². The van der Waals surface area contributed by atoms with Crippen molar-refractivity contribution in [3.05, 3.63) is 59.2 Å². The summed E-state index contributed by atoms with van der Waals surface area (Å²) in [5.74, 6) is -1.37. The molecule has 0 N–H and O–H groups in total. The van der Waals surface area contributed by atoms with Crippen molar-refractivity contribution < 1.29 is 33.4 Å². The Balaban J connectivity index is 2.24. The summed E-state index contributed by atoms with van der Waals surface area (Å²) >= 11 is 0. The second-order valence-corrected chi connectivity index (χ2v) is 12.9. The molecule has 2 heterocycles. The predicted molar refractivity (Wildman–Crippen MR) is 157 cm³/mol. The zero-order chi connectivity index (χ0) is 31.9. The highest BCUT2D eigenvalue weighted by molar-refractivity contribution is 5.88. The Labute approximate surface area is 248 Å². The molecule has 42 heavy (non-hydrogen) atoms. The van der Waals surface area contributed by atoms with E-state index in [0.29, 0.717) is 11.4 Å². The van der Waals surface area contributed by atoms with Gasteiger partial charge < -0.3 is 24.0 Å². The van der Waals surface area contributed by atoms with Crippen LogP contribution < -0.4 is 0 Å². The van der Waals surface area contributed by atoms with Gasteiger partial charge in [-0.05, 0) is 86.6 Å². The Bertz CT molecular complexity index is 1270. The maximum atomic E-state index is 13.2. The van der Waals surface area contributed by atoms with Crippen molar-refractivity contribution in [1.82, 2.24) is 19.8 Å². The lowest BCUT2D eigenvalue weighted by Gasteiger charge is -2.29. The molecule has 0 saturated carbocycles. The summed E-state index contributed by atoms with van der Waals surface area (Å²) in [6.07, 6.45) is -0.597. The number of carbonyl (C=O) groups is 4. The molecule has 2 amide bonds. The maximum Gasteiger partial charge on any atom is 0.410 e. The maximum absolute atomic E-state index is 13.2. The number of esters is 2. The molecule has 0 aliphatic carbocycles. The number of hydrogen-bond donors (Lipinski definition) is 0. The summed E-state index contributed by atoms with van der Waals surface area (Å²) in [7, 11) is 0. The number of nitrogens with zero attached hydrogens (tertiary/aromatic N) is 4. The van der Waals surface area contributed by atoms with Crippen LogP contribution in [0.4, 0.5) is 4.79 Å². The third-order valence-corrected chi connectivity index (χ3v) is 5.27. The van der Waals surface area contributed by atoms with Crippen LogP contribution in [-0.2, 0) is 32.1 Å². The molecule has 0 saturated heterocycles. The Morgan fingerprint density at radius 1 is 0.619 bits per heavy atom. The van der Waals surface area contributed by atoms with Crippen LogP contribution in [0, 0.1) is 0 Å². The van der Waals surface area contributed by atoms with E-state index >= 15 is 0 Å². The van der Waals surface area contributed by atoms with Crippen molar-refractivity contribution in [2.45, 2.75) is 99.1 Å². The Hall–Kier alpha value is -4.02. The van der Waals surface area contributed by atoms with Gasteiger partial charge in [0.25, 0.3) is 0 Å². The van der Waals surface area contributed by atoms with Gasteiger partial charge >= 0.3 is 18.0 Å². The molecule has 0 bridgehead atoms. The fraction of sp³-hybridized carbons (Fsp3) is 0.548. The second kappa shape index (κ2) is 13.8. The lowest BCUT2D eigenvalue weighted by Crippen LogP contribution is -2.42. The molecule has 0 fully saturated rings. The molecule has 0 atom stereocenters. The van der Waals surface area contributed by atoms with Crippen molar-refractivity contribution in [3.8, 4) is 0 Å². The van der Waals surface area contributed by atoms with E-state index in [1.165, 1.54) is 16.7 Å². The van der Waals surface area contributed by atoms with Crippen LogP contribution in [0.25, 0.3) is 0 Å². The monoisotopic (exact) mass is 584 g/mol. The SMILES string of the molecule is CC(=O)N(CCN(Cc1cccc(C(=O)OC(C)(C)C)n1)C(=O)OC(C)(C)C)Cc1cccc(C(=O)OC(C)(C)C)n1. The number of hydrogen-bond acceptors (Lipinski definition) is 9. The highest BCUT2D eigenvalue weighted by Gasteiger charge is 2.25. The van der Waals surface area contributed by atoms with E-state index in [2.05, 4.69) is 9.97 Å². The van der Waals surface area contributed by atoms with E-state index in [1.807, 2.05) is 0 Å². The molecule has 11 nitrogen and oxygen atoms in total. The lowest BCUT2D eigenvalue weighted by molar-refractivity contribution is -0.129. The molecule has 0 aliphatic rings. The smallest absolute Gasteiger partial charge is 0.410 e. The van der Waals surface area contributed by atoms with Crippen molar-refractivity contribution in [3.63, 3.8) is 0 Å². The first kappa shape index (κ1) is 34.2. The van der Waals surface area contributed by atoms with E-state index in [4.69, 9.17) is 14.2 Å². The van der Waals surface area contributed by atoms with E-state index in [9.17, 15) is 19.2 Å². The van der Waals surface area contributed by atoms with Crippen molar-refractivity contribution >= 4 is 23.9 Å². The molecular formula is C31H44N4O7. The van der Waals surface area contributed by atoms with Gasteiger partial charge in [0.05, 0.1) is 24.5 Å². The van der Waals surface area contributed by atoms with Crippen LogP contribution in [0.2, 0.25) is 0 Å². The lowest BCUT2D eigenvalue weighted by atomic mass is 10.2. The molecule has 0 radical (unpaired) electrons. The third-order valence-electron chi connectivity index (χ3n) is 5.27. The van der Waals surface area contributed by atoms with Gasteiger partial charge in [0.15, 0.2) is 0 Å². The van der Waals surface area contributed by atoms with Gasteiger partial charge in [-0.3, -0.25) is 4.79 Å². The number of ether oxygens (including phenoxy) is 3. The third kappa shape index (κ3) is 12.2. The van der Waals surface area contributed by atoms with Crippen LogP contribution in [0.5, 0.6) is 0 Å². The van der Waals surface area contributed by atoms with Gasteiger partial charge in [0, 0.05) is 20.0 Å². The summed E-state index contributed by atoms with van der Waals surface area (Å²) in [5, 5.41) is 0. The Kier molecular flexibility index (Phi) is 11.2. The number of amides is 2. The van der Waals surface area contributed by atoms with Crippen LogP contribution in [0.1, 0.15) is 102 Å². The zero-order valence-corrected chi connectivity index (χ0v) is 26.4. The first-order valence-corrected chi connectivity index (χ1v) is 13.8. The summed E-state index contributed by atoms with van der Waals surface area (Å²) in [4.78, 5) is 62.5. The van der Waals surface area contributed by atoms with E-state index in [0.717, 1.165) is 0 Å². The Morgan fingerprint density at radius 3 is 1.38 bits per heavy atom. The fourth-order valence-electron chi connectivity index (χ4n) is 3.57. The summed E-state index contributed by atoms with van der Waals surface area (Å²) in [6, 6.07) is 9.85. The van der Waals surface area contributed by atoms with Crippen LogP contribution in [-0.4, -0.2) is 73.6 Å². The van der Waals surface area contributed by atoms with Crippen LogP contribution in [0.15, 0.2) is 36.4 Å². The minimum Gasteiger partial charge on any atom is -0.455 e.